The van der Waals surface area contributed by atoms with Gasteiger partial charge in [0.2, 0.25) is 9.84 Å². The molecule has 1 aliphatic carbocycles. The number of morpholine rings is 1. The molecular weight excluding hydrogens is 364 g/mol. The Morgan fingerprint density at radius 1 is 1.15 bits per heavy atom. The third kappa shape index (κ3) is 3.27. The maximum absolute atomic E-state index is 13.2. The molecule has 6 nitrogen and oxygen atoms in total. The molecule has 2 heterocycles. The Morgan fingerprint density at radius 2 is 1.85 bits per heavy atom. The van der Waals surface area contributed by atoms with Crippen LogP contribution in [0.25, 0.3) is 5.70 Å². The molecule has 2 fully saturated rings. The summed E-state index contributed by atoms with van der Waals surface area (Å²) in [6, 6.07) is 7.10. The highest BCUT2D eigenvalue weighted by molar-refractivity contribution is 7.97. The van der Waals surface area contributed by atoms with Crippen LogP contribution in [0.4, 0.5) is 0 Å². The predicted octanol–water partition coefficient (Wildman–Crippen LogP) is 2.17. The fraction of sp³-hybridized carbons (Fsp3) is 0.550. The quantitative estimate of drug-likeness (QED) is 0.856. The number of rotatable bonds is 3. The van der Waals surface area contributed by atoms with Gasteiger partial charge in [0, 0.05) is 24.7 Å². The first-order valence-electron chi connectivity index (χ1n) is 9.72. The predicted molar refractivity (Wildman–Crippen MR) is 103 cm³/mol. The SMILES string of the molecule is C[C@H]1CCCC[C@H]1NC1=C(C(=O)N2CCOCC2)S(=O)(=O)c2ccccc21. The summed E-state index contributed by atoms with van der Waals surface area (Å²) in [7, 11) is -3.83. The highest BCUT2D eigenvalue weighted by Crippen LogP contribution is 2.40. The van der Waals surface area contributed by atoms with Gasteiger partial charge in [-0.25, -0.2) is 8.42 Å². The van der Waals surface area contributed by atoms with E-state index >= 15 is 0 Å². The van der Waals surface area contributed by atoms with Crippen molar-refractivity contribution < 1.29 is 17.9 Å². The fourth-order valence-corrected chi connectivity index (χ4v) is 6.00. The lowest BCUT2D eigenvalue weighted by Gasteiger charge is -2.32. The summed E-state index contributed by atoms with van der Waals surface area (Å²) < 4.78 is 31.8. The average Bonchev–Trinajstić information content (AvgIpc) is 2.91. The summed E-state index contributed by atoms with van der Waals surface area (Å²) in [4.78, 5) is 14.9. The van der Waals surface area contributed by atoms with Gasteiger partial charge in [-0.05, 0) is 24.8 Å². The molecule has 0 bridgehead atoms. The number of nitrogens with zero attached hydrogens (tertiary/aromatic N) is 1. The van der Waals surface area contributed by atoms with Crippen molar-refractivity contribution in [1.29, 1.82) is 0 Å². The summed E-state index contributed by atoms with van der Waals surface area (Å²) in [5, 5.41) is 3.47. The lowest BCUT2D eigenvalue weighted by molar-refractivity contribution is -0.130. The molecule has 0 aromatic heterocycles. The van der Waals surface area contributed by atoms with Gasteiger partial charge < -0.3 is 15.0 Å². The highest BCUT2D eigenvalue weighted by atomic mass is 32.2. The molecule has 0 unspecified atom stereocenters. The van der Waals surface area contributed by atoms with Crippen LogP contribution in [-0.4, -0.2) is 51.6 Å². The van der Waals surface area contributed by atoms with Crippen LogP contribution in [0, 0.1) is 5.92 Å². The molecule has 2 atom stereocenters. The minimum Gasteiger partial charge on any atom is -0.380 e. The first-order chi connectivity index (χ1) is 13.0. The van der Waals surface area contributed by atoms with Crippen LogP contribution in [0.3, 0.4) is 0 Å². The minimum absolute atomic E-state index is 0.0941. The van der Waals surface area contributed by atoms with Gasteiger partial charge in [-0.3, -0.25) is 4.79 Å². The number of ether oxygens (including phenoxy) is 1. The van der Waals surface area contributed by atoms with E-state index in [9.17, 15) is 13.2 Å². The third-order valence-corrected chi connectivity index (χ3v) is 7.73. The minimum atomic E-state index is -3.83. The number of fused-ring (bicyclic) bond motifs is 1. The molecule has 1 saturated carbocycles. The Labute approximate surface area is 160 Å². The number of benzene rings is 1. The van der Waals surface area contributed by atoms with E-state index in [0.717, 1.165) is 19.3 Å². The zero-order chi connectivity index (χ0) is 19.0. The molecule has 2 aliphatic heterocycles. The average molecular weight is 391 g/mol. The molecule has 1 aromatic rings. The Hall–Kier alpha value is -1.86. The molecule has 1 amide bonds. The van der Waals surface area contributed by atoms with Crippen molar-refractivity contribution in [2.45, 2.75) is 43.5 Å². The van der Waals surface area contributed by atoms with E-state index in [2.05, 4.69) is 12.2 Å². The molecular formula is C20H26N2O4S. The van der Waals surface area contributed by atoms with Gasteiger partial charge in [-0.15, -0.1) is 0 Å². The van der Waals surface area contributed by atoms with Crippen LogP contribution < -0.4 is 5.32 Å². The number of hydrogen-bond acceptors (Lipinski definition) is 5. The third-order valence-electron chi connectivity index (χ3n) is 5.88. The van der Waals surface area contributed by atoms with E-state index in [4.69, 9.17) is 4.74 Å². The molecule has 0 spiro atoms. The van der Waals surface area contributed by atoms with E-state index in [0.29, 0.717) is 43.5 Å². The van der Waals surface area contributed by atoms with Crippen molar-refractivity contribution in [3.05, 3.63) is 34.7 Å². The smallest absolute Gasteiger partial charge is 0.268 e. The topological polar surface area (TPSA) is 75.7 Å². The number of carbonyl (C=O) groups is 1. The molecule has 1 saturated heterocycles. The zero-order valence-electron chi connectivity index (χ0n) is 15.6. The standard InChI is InChI=1S/C20H26N2O4S/c1-14-6-2-4-8-16(14)21-18-15-7-3-5-9-17(15)27(24,25)19(18)20(23)22-10-12-26-13-11-22/h3,5,7,9,14,16,21H,2,4,6,8,10-13H2,1H3/t14-,16+/m0/s1. The Kier molecular flexibility index (Phi) is 4.99. The van der Waals surface area contributed by atoms with Gasteiger partial charge in [0.25, 0.3) is 5.91 Å². The number of sulfone groups is 1. The van der Waals surface area contributed by atoms with Crippen LogP contribution in [0.1, 0.15) is 38.2 Å². The number of carbonyl (C=O) groups excluding carboxylic acids is 1. The zero-order valence-corrected chi connectivity index (χ0v) is 16.4. The van der Waals surface area contributed by atoms with Gasteiger partial charge in [0.15, 0.2) is 4.91 Å². The molecule has 3 aliphatic rings. The molecule has 4 rings (SSSR count). The molecule has 1 N–H and O–H groups in total. The Bertz CT molecular complexity index is 872. The number of amides is 1. The molecule has 27 heavy (non-hydrogen) atoms. The number of nitrogens with one attached hydrogen (secondary N) is 1. The van der Waals surface area contributed by atoms with Gasteiger partial charge in [-0.1, -0.05) is 38.0 Å². The van der Waals surface area contributed by atoms with Crippen LogP contribution in [-0.2, 0) is 19.4 Å². The largest absolute Gasteiger partial charge is 0.380 e. The molecule has 1 aromatic carbocycles. The van der Waals surface area contributed by atoms with E-state index in [1.54, 1.807) is 23.1 Å². The molecule has 0 radical (unpaired) electrons. The van der Waals surface area contributed by atoms with E-state index < -0.39 is 15.7 Å². The van der Waals surface area contributed by atoms with Crippen molar-refractivity contribution in [2.24, 2.45) is 5.92 Å². The second-order valence-corrected chi connectivity index (χ2v) is 9.48. The Morgan fingerprint density at radius 3 is 2.59 bits per heavy atom. The molecule has 7 heteroatoms. The summed E-state index contributed by atoms with van der Waals surface area (Å²) in [5.74, 6) is 0.0296. The Balaban J connectivity index is 1.77. The first-order valence-corrected chi connectivity index (χ1v) is 11.2. The maximum Gasteiger partial charge on any atom is 0.268 e. The van der Waals surface area contributed by atoms with Crippen LogP contribution >= 0.6 is 0 Å². The van der Waals surface area contributed by atoms with Gasteiger partial charge in [0.05, 0.1) is 23.8 Å². The van der Waals surface area contributed by atoms with Gasteiger partial charge in [0.1, 0.15) is 0 Å². The van der Waals surface area contributed by atoms with Crippen LogP contribution in [0.15, 0.2) is 34.1 Å². The van der Waals surface area contributed by atoms with Crippen LogP contribution in [0.2, 0.25) is 0 Å². The van der Waals surface area contributed by atoms with Crippen LogP contribution in [0.5, 0.6) is 0 Å². The normalized spacial score (nSPS) is 27.4. The maximum atomic E-state index is 13.2. The summed E-state index contributed by atoms with van der Waals surface area (Å²) in [6.07, 6.45) is 4.43. The summed E-state index contributed by atoms with van der Waals surface area (Å²) >= 11 is 0. The van der Waals surface area contributed by atoms with E-state index in [1.165, 1.54) is 6.42 Å². The second-order valence-electron chi connectivity index (χ2n) is 7.62. The summed E-state index contributed by atoms with van der Waals surface area (Å²) in [5.41, 5.74) is 1.10. The summed E-state index contributed by atoms with van der Waals surface area (Å²) in [6.45, 7) is 3.90. The fourth-order valence-electron chi connectivity index (χ4n) is 4.27. The first kappa shape index (κ1) is 18.5. The van der Waals surface area contributed by atoms with Crippen molar-refractivity contribution in [3.8, 4) is 0 Å². The van der Waals surface area contributed by atoms with Crippen molar-refractivity contribution in [2.75, 3.05) is 26.3 Å². The van der Waals surface area contributed by atoms with Crippen molar-refractivity contribution in [1.82, 2.24) is 10.2 Å². The number of hydrogen-bond donors (Lipinski definition) is 1. The van der Waals surface area contributed by atoms with Gasteiger partial charge >= 0.3 is 0 Å². The van der Waals surface area contributed by atoms with Crippen molar-refractivity contribution >= 4 is 21.4 Å². The second kappa shape index (κ2) is 7.28. The monoisotopic (exact) mass is 390 g/mol. The molecule has 146 valence electrons. The van der Waals surface area contributed by atoms with E-state index in [-0.39, 0.29) is 15.8 Å². The lowest BCUT2D eigenvalue weighted by Crippen LogP contribution is -2.43. The van der Waals surface area contributed by atoms with Gasteiger partial charge in [-0.2, -0.15) is 0 Å². The van der Waals surface area contributed by atoms with E-state index in [1.807, 2.05) is 6.07 Å². The lowest BCUT2D eigenvalue weighted by atomic mass is 9.85. The van der Waals surface area contributed by atoms with Crippen molar-refractivity contribution in [3.63, 3.8) is 0 Å². The highest BCUT2D eigenvalue weighted by Gasteiger charge is 2.42.